The number of hydrogen-bond acceptors (Lipinski definition) is 4. The van der Waals surface area contributed by atoms with Crippen molar-refractivity contribution < 1.29 is 14.3 Å². The quantitative estimate of drug-likeness (QED) is 0.191. The number of nitrogens with zero attached hydrogens (tertiary/aromatic N) is 2. The molecular weight excluding hydrogens is 423 g/mol. The number of nitrogens with one attached hydrogen (secondary N) is 1. The fourth-order valence-electron chi connectivity index (χ4n) is 2.91. The van der Waals surface area contributed by atoms with Crippen LogP contribution in [0.25, 0.3) is 0 Å². The van der Waals surface area contributed by atoms with Gasteiger partial charge >= 0.3 is 5.97 Å². The second-order valence-electron chi connectivity index (χ2n) is 5.99. The van der Waals surface area contributed by atoms with Gasteiger partial charge in [0.1, 0.15) is 0 Å². The largest absolute Gasteiger partial charge is 0.469 e. The molecule has 1 aliphatic rings. The zero-order valence-corrected chi connectivity index (χ0v) is 17.1. The molecule has 0 radical (unpaired) electrons. The lowest BCUT2D eigenvalue weighted by Crippen LogP contribution is -2.47. The minimum atomic E-state index is -0.231. The van der Waals surface area contributed by atoms with Gasteiger partial charge in [-0.1, -0.05) is 6.42 Å². The van der Waals surface area contributed by atoms with Gasteiger partial charge in [0, 0.05) is 39.5 Å². The average Bonchev–Trinajstić information content (AvgIpc) is 2.53. The molecule has 8 heteroatoms. The van der Waals surface area contributed by atoms with Crippen molar-refractivity contribution in [2.45, 2.75) is 44.9 Å². The van der Waals surface area contributed by atoms with Crippen molar-refractivity contribution in [2.75, 3.05) is 33.8 Å². The first-order chi connectivity index (χ1) is 11.1. The van der Waals surface area contributed by atoms with Gasteiger partial charge in [0.25, 0.3) is 0 Å². The highest BCUT2D eigenvalue weighted by Crippen LogP contribution is 2.19. The summed E-state index contributed by atoms with van der Waals surface area (Å²) in [5.74, 6) is 0.819. The van der Waals surface area contributed by atoms with Crippen molar-refractivity contribution in [3.05, 3.63) is 0 Å². The number of rotatable bonds is 8. The van der Waals surface area contributed by atoms with E-state index < -0.39 is 0 Å². The second kappa shape index (κ2) is 13.3. The minimum Gasteiger partial charge on any atom is -0.469 e. The maximum atomic E-state index is 11.1. The summed E-state index contributed by atoms with van der Waals surface area (Å²) >= 11 is 0. The molecule has 1 amide bonds. The molecule has 3 N–H and O–H groups in total. The number of likely N-dealkylation sites (tertiary alicyclic amines) is 1. The average molecular weight is 454 g/mol. The molecule has 1 saturated heterocycles. The number of hydrogen-bond donors (Lipinski definition) is 2. The predicted molar refractivity (Wildman–Crippen MR) is 105 cm³/mol. The van der Waals surface area contributed by atoms with Crippen LogP contribution in [-0.2, 0) is 14.3 Å². The molecule has 0 bridgehead atoms. The molecule has 1 atom stereocenters. The molecule has 1 rings (SSSR count). The van der Waals surface area contributed by atoms with E-state index in [1.165, 1.54) is 7.11 Å². The molecule has 7 nitrogen and oxygen atoms in total. The van der Waals surface area contributed by atoms with Crippen LogP contribution in [0.1, 0.15) is 44.9 Å². The van der Waals surface area contributed by atoms with Crippen molar-refractivity contribution >= 4 is 41.8 Å². The lowest BCUT2D eigenvalue weighted by molar-refractivity contribution is -0.140. The van der Waals surface area contributed by atoms with Gasteiger partial charge in [0.15, 0.2) is 5.96 Å². The molecular formula is C16H31IN4O3. The van der Waals surface area contributed by atoms with Gasteiger partial charge < -0.3 is 20.7 Å². The molecule has 1 fully saturated rings. The number of unbranched alkanes of at least 4 members (excludes halogenated alkanes) is 2. The maximum absolute atomic E-state index is 11.1. The van der Waals surface area contributed by atoms with Crippen LogP contribution in [0, 0.1) is 5.92 Å². The highest BCUT2D eigenvalue weighted by atomic mass is 127. The van der Waals surface area contributed by atoms with E-state index in [1.54, 1.807) is 7.05 Å². The fourth-order valence-corrected chi connectivity index (χ4v) is 2.91. The van der Waals surface area contributed by atoms with Crippen LogP contribution in [0.3, 0.4) is 0 Å². The summed E-state index contributed by atoms with van der Waals surface area (Å²) in [5, 5.41) is 3.36. The standard InChI is InChI=1S/C16H30N4O3.HI/c1-18-16(19-9-5-3-4-8-15(22)23-2)20-10-6-7-13(12-20)11-14(17)21;/h13H,3-12H2,1-2H3,(H2,17,21)(H,18,19);1H. The van der Waals surface area contributed by atoms with Gasteiger partial charge in [-0.15, -0.1) is 24.0 Å². The number of guanidine groups is 1. The van der Waals surface area contributed by atoms with Gasteiger partial charge in [0.2, 0.25) is 5.91 Å². The van der Waals surface area contributed by atoms with E-state index in [0.29, 0.717) is 18.8 Å². The van der Waals surface area contributed by atoms with E-state index in [1.807, 2.05) is 0 Å². The SMILES string of the molecule is CN=C(NCCCCCC(=O)OC)N1CCCC(CC(N)=O)C1.I. The van der Waals surface area contributed by atoms with Gasteiger partial charge in [0.05, 0.1) is 7.11 Å². The Morgan fingerprint density at radius 1 is 1.33 bits per heavy atom. The molecule has 140 valence electrons. The van der Waals surface area contributed by atoms with Crippen LogP contribution >= 0.6 is 24.0 Å². The third-order valence-corrected chi connectivity index (χ3v) is 4.09. The van der Waals surface area contributed by atoms with Gasteiger partial charge in [-0.05, 0) is 31.6 Å². The lowest BCUT2D eigenvalue weighted by atomic mass is 9.95. The van der Waals surface area contributed by atoms with E-state index >= 15 is 0 Å². The van der Waals surface area contributed by atoms with Crippen LogP contribution in [0.2, 0.25) is 0 Å². The summed E-state index contributed by atoms with van der Waals surface area (Å²) in [4.78, 5) is 28.6. The normalized spacial score (nSPS) is 17.8. The predicted octanol–water partition coefficient (Wildman–Crippen LogP) is 1.50. The number of ether oxygens (including phenoxy) is 1. The molecule has 0 aromatic carbocycles. The first-order valence-corrected chi connectivity index (χ1v) is 8.37. The summed E-state index contributed by atoms with van der Waals surface area (Å²) in [5.41, 5.74) is 5.30. The van der Waals surface area contributed by atoms with Crippen molar-refractivity contribution in [1.29, 1.82) is 0 Å². The summed E-state index contributed by atoms with van der Waals surface area (Å²) < 4.78 is 4.62. The molecule has 0 aromatic heterocycles. The Balaban J connectivity index is 0.00000529. The number of halogens is 1. The number of piperidine rings is 1. The Hall–Kier alpha value is -1.06. The molecule has 0 saturated carbocycles. The zero-order valence-electron chi connectivity index (χ0n) is 14.8. The number of primary amides is 1. The molecule has 0 aromatic rings. The van der Waals surface area contributed by atoms with E-state index in [2.05, 4.69) is 19.9 Å². The van der Waals surface area contributed by atoms with E-state index in [0.717, 1.165) is 57.7 Å². The number of methoxy groups -OCH3 is 1. The van der Waals surface area contributed by atoms with Gasteiger partial charge in [-0.25, -0.2) is 0 Å². The van der Waals surface area contributed by atoms with E-state index in [9.17, 15) is 9.59 Å². The monoisotopic (exact) mass is 454 g/mol. The third-order valence-electron chi connectivity index (χ3n) is 4.09. The summed E-state index contributed by atoms with van der Waals surface area (Å²) in [7, 11) is 3.19. The van der Waals surface area contributed by atoms with Crippen LogP contribution in [0.15, 0.2) is 4.99 Å². The van der Waals surface area contributed by atoms with Crippen molar-refractivity contribution in [2.24, 2.45) is 16.6 Å². The minimum absolute atomic E-state index is 0. The Morgan fingerprint density at radius 2 is 2.08 bits per heavy atom. The van der Waals surface area contributed by atoms with Crippen molar-refractivity contribution in [3.8, 4) is 0 Å². The Morgan fingerprint density at radius 3 is 2.71 bits per heavy atom. The Labute approximate surface area is 161 Å². The zero-order chi connectivity index (χ0) is 17.1. The fraction of sp³-hybridized carbons (Fsp3) is 0.812. The first kappa shape index (κ1) is 22.9. The van der Waals surface area contributed by atoms with Crippen molar-refractivity contribution in [1.82, 2.24) is 10.2 Å². The van der Waals surface area contributed by atoms with Gasteiger partial charge in [-0.2, -0.15) is 0 Å². The summed E-state index contributed by atoms with van der Waals surface area (Å²) in [6.07, 6.45) is 5.82. The van der Waals surface area contributed by atoms with E-state index in [4.69, 9.17) is 5.73 Å². The molecule has 0 spiro atoms. The number of nitrogens with two attached hydrogens (primary N) is 1. The number of esters is 1. The summed E-state index contributed by atoms with van der Waals surface area (Å²) in [6.45, 7) is 2.60. The molecule has 1 heterocycles. The van der Waals surface area contributed by atoms with Gasteiger partial charge in [-0.3, -0.25) is 14.6 Å². The van der Waals surface area contributed by atoms with Crippen LogP contribution in [-0.4, -0.2) is 56.5 Å². The maximum Gasteiger partial charge on any atom is 0.305 e. The van der Waals surface area contributed by atoms with Crippen LogP contribution in [0.4, 0.5) is 0 Å². The number of aliphatic imine (C=N–C) groups is 1. The molecule has 1 aliphatic heterocycles. The molecule has 1 unspecified atom stereocenters. The van der Waals surface area contributed by atoms with E-state index in [-0.39, 0.29) is 35.9 Å². The smallest absolute Gasteiger partial charge is 0.305 e. The first-order valence-electron chi connectivity index (χ1n) is 8.37. The summed E-state index contributed by atoms with van der Waals surface area (Å²) in [6, 6.07) is 0. The van der Waals surface area contributed by atoms with Crippen molar-refractivity contribution in [3.63, 3.8) is 0 Å². The Kier molecular flexibility index (Phi) is 12.7. The highest BCUT2D eigenvalue weighted by molar-refractivity contribution is 14.0. The Bertz CT molecular complexity index is 418. The number of amides is 1. The topological polar surface area (TPSA) is 97.0 Å². The number of carbonyl (C=O) groups excluding carboxylic acids is 2. The molecule has 0 aliphatic carbocycles. The number of carbonyl (C=O) groups is 2. The second-order valence-corrected chi connectivity index (χ2v) is 5.99. The molecule has 24 heavy (non-hydrogen) atoms. The van der Waals surface area contributed by atoms with Crippen LogP contribution < -0.4 is 11.1 Å². The van der Waals surface area contributed by atoms with Crippen LogP contribution in [0.5, 0.6) is 0 Å². The third kappa shape index (κ3) is 9.29. The lowest BCUT2D eigenvalue weighted by Gasteiger charge is -2.34. The highest BCUT2D eigenvalue weighted by Gasteiger charge is 2.23.